The Morgan fingerprint density at radius 1 is 1.17 bits per heavy atom. The Morgan fingerprint density at radius 3 is 2.54 bits per heavy atom. The Kier molecular flexibility index (Phi) is 5.33. The number of carbonyl (C=O) groups is 1. The fourth-order valence-electron chi connectivity index (χ4n) is 3.21. The summed E-state index contributed by atoms with van der Waals surface area (Å²) >= 11 is 0. The van der Waals surface area contributed by atoms with Crippen LogP contribution in [0.4, 0.5) is 0 Å². The number of carbonyl (C=O) groups excluding carboxylic acids is 1. The van der Waals surface area contributed by atoms with E-state index in [-0.39, 0.29) is 18.1 Å². The van der Waals surface area contributed by atoms with Gasteiger partial charge in [-0.15, -0.1) is 0 Å². The van der Waals surface area contributed by atoms with Crippen LogP contribution in [-0.2, 0) is 17.8 Å². The van der Waals surface area contributed by atoms with Crippen LogP contribution in [0.3, 0.4) is 0 Å². The van der Waals surface area contributed by atoms with Crippen LogP contribution in [-0.4, -0.2) is 36.1 Å². The molecular weight excluding hydrogens is 304 g/mol. The summed E-state index contributed by atoms with van der Waals surface area (Å²) in [7, 11) is 0. The van der Waals surface area contributed by atoms with E-state index in [2.05, 4.69) is 36.2 Å². The predicted octanol–water partition coefficient (Wildman–Crippen LogP) is 2.82. The van der Waals surface area contributed by atoms with Gasteiger partial charge in [-0.1, -0.05) is 24.3 Å². The van der Waals surface area contributed by atoms with Crippen molar-refractivity contribution in [2.75, 3.05) is 13.1 Å². The molecule has 1 saturated heterocycles. The van der Waals surface area contributed by atoms with E-state index in [0.29, 0.717) is 12.1 Å². The van der Waals surface area contributed by atoms with Gasteiger partial charge >= 0.3 is 0 Å². The van der Waals surface area contributed by atoms with Gasteiger partial charge in [0, 0.05) is 26.2 Å². The van der Waals surface area contributed by atoms with Gasteiger partial charge in [-0.05, 0) is 31.0 Å². The van der Waals surface area contributed by atoms with Crippen LogP contribution in [0.25, 0.3) is 0 Å². The van der Waals surface area contributed by atoms with Crippen LogP contribution in [0.2, 0.25) is 0 Å². The van der Waals surface area contributed by atoms with Crippen LogP contribution in [0.15, 0.2) is 47.3 Å². The molecule has 1 aliphatic heterocycles. The van der Waals surface area contributed by atoms with E-state index in [4.69, 9.17) is 9.15 Å². The van der Waals surface area contributed by atoms with E-state index in [1.165, 1.54) is 18.1 Å². The summed E-state index contributed by atoms with van der Waals surface area (Å²) in [5.41, 5.74) is 2.93. The molecule has 0 unspecified atom stereocenters. The number of nitrogens with one attached hydrogen (secondary N) is 1. The van der Waals surface area contributed by atoms with Crippen LogP contribution in [0.5, 0.6) is 0 Å². The Morgan fingerprint density at radius 2 is 1.88 bits per heavy atom. The molecule has 5 heteroatoms. The molecule has 24 heavy (non-hydrogen) atoms. The summed E-state index contributed by atoms with van der Waals surface area (Å²) in [5, 5.41) is 2.95. The Labute approximate surface area is 142 Å². The van der Waals surface area contributed by atoms with Crippen LogP contribution < -0.4 is 5.32 Å². The van der Waals surface area contributed by atoms with Crippen molar-refractivity contribution in [3.8, 4) is 0 Å². The Bertz CT molecular complexity index is 659. The first-order valence-corrected chi connectivity index (χ1v) is 8.37. The van der Waals surface area contributed by atoms with Gasteiger partial charge in [-0.3, -0.25) is 9.69 Å². The average molecular weight is 328 g/mol. The molecule has 0 aliphatic carbocycles. The summed E-state index contributed by atoms with van der Waals surface area (Å²) in [6, 6.07) is 9.91. The predicted molar refractivity (Wildman–Crippen MR) is 91.6 cm³/mol. The Balaban J connectivity index is 1.63. The van der Waals surface area contributed by atoms with Crippen molar-refractivity contribution in [3.63, 3.8) is 0 Å². The van der Waals surface area contributed by atoms with Crippen molar-refractivity contribution >= 4 is 5.91 Å². The highest BCUT2D eigenvalue weighted by molar-refractivity contribution is 5.93. The highest BCUT2D eigenvalue weighted by atomic mass is 16.5. The fourth-order valence-corrected chi connectivity index (χ4v) is 3.21. The lowest BCUT2D eigenvalue weighted by Gasteiger charge is -2.35. The largest absolute Gasteiger partial charge is 0.472 e. The smallest absolute Gasteiger partial charge is 0.254 e. The van der Waals surface area contributed by atoms with E-state index in [9.17, 15) is 4.79 Å². The Hall–Kier alpha value is -2.11. The monoisotopic (exact) mass is 328 g/mol. The zero-order chi connectivity index (χ0) is 16.9. The van der Waals surface area contributed by atoms with Gasteiger partial charge < -0.3 is 14.5 Å². The second-order valence-electron chi connectivity index (χ2n) is 6.41. The standard InChI is InChI=1S/C19H24N2O3/c1-14-10-21(11-15(2)24-14)12-17-6-4-3-5-16(17)9-20-19(22)18-7-8-23-13-18/h3-8,13-15H,9-12H2,1-2H3,(H,20,22)/t14-,15-/m0/s1. The molecule has 1 N–H and O–H groups in total. The van der Waals surface area contributed by atoms with Gasteiger partial charge in [0.2, 0.25) is 0 Å². The topological polar surface area (TPSA) is 54.7 Å². The normalized spacial score (nSPS) is 21.6. The molecule has 128 valence electrons. The minimum absolute atomic E-state index is 0.118. The van der Waals surface area contributed by atoms with E-state index in [1.54, 1.807) is 6.07 Å². The van der Waals surface area contributed by atoms with E-state index in [0.717, 1.165) is 25.2 Å². The molecule has 5 nitrogen and oxygen atoms in total. The number of rotatable bonds is 5. The average Bonchev–Trinajstić information content (AvgIpc) is 3.07. The molecule has 1 fully saturated rings. The maximum absolute atomic E-state index is 12.1. The summed E-state index contributed by atoms with van der Waals surface area (Å²) in [6.07, 6.45) is 3.46. The lowest BCUT2D eigenvalue weighted by molar-refractivity contribution is -0.0705. The number of morpholine rings is 1. The number of benzene rings is 1. The zero-order valence-corrected chi connectivity index (χ0v) is 14.2. The third kappa shape index (κ3) is 4.24. The van der Waals surface area contributed by atoms with Crippen molar-refractivity contribution in [1.82, 2.24) is 10.2 Å². The molecule has 3 rings (SSSR count). The summed E-state index contributed by atoms with van der Waals surface area (Å²) in [6.45, 7) is 7.46. The third-order valence-electron chi connectivity index (χ3n) is 4.23. The third-order valence-corrected chi connectivity index (χ3v) is 4.23. The summed E-state index contributed by atoms with van der Waals surface area (Å²) < 4.78 is 10.7. The maximum atomic E-state index is 12.1. The van der Waals surface area contributed by atoms with Crippen LogP contribution in [0.1, 0.15) is 35.3 Å². The van der Waals surface area contributed by atoms with E-state index >= 15 is 0 Å². The molecule has 0 radical (unpaired) electrons. The molecule has 1 amide bonds. The summed E-state index contributed by atoms with van der Waals surface area (Å²) in [5.74, 6) is -0.118. The molecule has 1 aromatic heterocycles. The van der Waals surface area contributed by atoms with E-state index in [1.807, 2.05) is 12.1 Å². The molecule has 1 aromatic carbocycles. The second kappa shape index (κ2) is 7.64. The first-order valence-electron chi connectivity index (χ1n) is 8.37. The fraction of sp³-hybridized carbons (Fsp3) is 0.421. The molecule has 0 bridgehead atoms. The van der Waals surface area contributed by atoms with Gasteiger partial charge in [0.25, 0.3) is 5.91 Å². The highest BCUT2D eigenvalue weighted by Gasteiger charge is 2.22. The van der Waals surface area contributed by atoms with Crippen molar-refractivity contribution in [2.24, 2.45) is 0 Å². The minimum atomic E-state index is -0.118. The second-order valence-corrected chi connectivity index (χ2v) is 6.41. The number of furan rings is 1. The molecule has 2 atom stereocenters. The zero-order valence-electron chi connectivity index (χ0n) is 14.2. The number of hydrogen-bond donors (Lipinski definition) is 1. The lowest BCUT2D eigenvalue weighted by Crippen LogP contribution is -2.45. The molecular formula is C19H24N2O3. The number of hydrogen-bond acceptors (Lipinski definition) is 4. The summed E-state index contributed by atoms with van der Waals surface area (Å²) in [4.78, 5) is 14.5. The SMILES string of the molecule is C[C@H]1CN(Cc2ccccc2CNC(=O)c2ccoc2)C[C@H](C)O1. The highest BCUT2D eigenvalue weighted by Crippen LogP contribution is 2.17. The lowest BCUT2D eigenvalue weighted by atomic mass is 10.1. The maximum Gasteiger partial charge on any atom is 0.254 e. The van der Waals surface area contributed by atoms with Crippen LogP contribution >= 0.6 is 0 Å². The van der Waals surface area contributed by atoms with Crippen molar-refractivity contribution in [2.45, 2.75) is 39.1 Å². The van der Waals surface area contributed by atoms with E-state index < -0.39 is 0 Å². The molecule has 1 aliphatic rings. The molecule has 2 heterocycles. The number of nitrogens with zero attached hydrogens (tertiary/aromatic N) is 1. The van der Waals surface area contributed by atoms with Gasteiger partial charge in [-0.25, -0.2) is 0 Å². The molecule has 2 aromatic rings. The number of ether oxygens (including phenoxy) is 1. The first kappa shape index (κ1) is 16.7. The van der Waals surface area contributed by atoms with Crippen molar-refractivity contribution in [3.05, 3.63) is 59.5 Å². The van der Waals surface area contributed by atoms with Crippen LogP contribution in [0, 0.1) is 0 Å². The molecule has 0 spiro atoms. The molecule has 0 saturated carbocycles. The van der Waals surface area contributed by atoms with Crippen molar-refractivity contribution < 1.29 is 13.9 Å². The van der Waals surface area contributed by atoms with Crippen molar-refractivity contribution in [1.29, 1.82) is 0 Å². The first-order chi connectivity index (χ1) is 11.6. The van der Waals surface area contributed by atoms with Gasteiger partial charge in [0.1, 0.15) is 6.26 Å². The van der Waals surface area contributed by atoms with Gasteiger partial charge in [0.15, 0.2) is 0 Å². The quantitative estimate of drug-likeness (QED) is 0.917. The van der Waals surface area contributed by atoms with Gasteiger partial charge in [0.05, 0.1) is 24.0 Å². The minimum Gasteiger partial charge on any atom is -0.472 e. The number of amides is 1. The van der Waals surface area contributed by atoms with Gasteiger partial charge in [-0.2, -0.15) is 0 Å².